The lowest BCUT2D eigenvalue weighted by atomic mass is 10.0. The Hall–Kier alpha value is -1.28. The summed E-state index contributed by atoms with van der Waals surface area (Å²) >= 11 is 0. The topological polar surface area (TPSA) is 30.9 Å². The van der Waals surface area contributed by atoms with E-state index in [0.717, 1.165) is 13.0 Å². The number of rotatable bonds is 4. The van der Waals surface area contributed by atoms with Gasteiger partial charge in [0.15, 0.2) is 0 Å². The first kappa shape index (κ1) is 11.2. The molecular formula is C14H20N2. The molecule has 2 N–H and O–H groups in total. The summed E-state index contributed by atoms with van der Waals surface area (Å²) < 4.78 is 2.21. The minimum Gasteiger partial charge on any atom is -0.350 e. The zero-order chi connectivity index (χ0) is 11.5. The van der Waals surface area contributed by atoms with Crippen LogP contribution in [0, 0.1) is 5.92 Å². The standard InChI is InChI=1S/C14H20N2/c1-11(9-15)7-8-12-10-16(2)14-6-4-3-5-13(12)14/h3-6,10-11H,7-9,15H2,1-2H3. The third-order valence-corrected chi connectivity index (χ3v) is 3.29. The van der Waals surface area contributed by atoms with Crippen molar-refractivity contribution in [2.45, 2.75) is 19.8 Å². The van der Waals surface area contributed by atoms with Crippen LogP contribution in [0.2, 0.25) is 0 Å². The van der Waals surface area contributed by atoms with Gasteiger partial charge in [-0.1, -0.05) is 25.1 Å². The van der Waals surface area contributed by atoms with Crippen molar-refractivity contribution in [1.82, 2.24) is 4.57 Å². The van der Waals surface area contributed by atoms with Crippen molar-refractivity contribution in [1.29, 1.82) is 0 Å². The summed E-state index contributed by atoms with van der Waals surface area (Å²) in [6.07, 6.45) is 4.54. The van der Waals surface area contributed by atoms with E-state index in [1.807, 2.05) is 0 Å². The number of para-hydroxylation sites is 1. The highest BCUT2D eigenvalue weighted by Crippen LogP contribution is 2.22. The summed E-state index contributed by atoms with van der Waals surface area (Å²) in [5.74, 6) is 0.610. The van der Waals surface area contributed by atoms with E-state index in [1.165, 1.54) is 22.9 Å². The molecule has 0 radical (unpaired) electrons. The molecule has 86 valence electrons. The summed E-state index contributed by atoms with van der Waals surface area (Å²) in [6, 6.07) is 8.58. The van der Waals surface area contributed by atoms with Crippen LogP contribution >= 0.6 is 0 Å². The number of hydrogen-bond donors (Lipinski definition) is 1. The summed E-state index contributed by atoms with van der Waals surface area (Å²) in [5.41, 5.74) is 8.41. The average molecular weight is 216 g/mol. The normalized spacial score (nSPS) is 13.2. The van der Waals surface area contributed by atoms with Gasteiger partial charge in [-0.25, -0.2) is 0 Å². The molecule has 0 aliphatic heterocycles. The molecule has 2 heteroatoms. The number of fused-ring (bicyclic) bond motifs is 1. The second-order valence-corrected chi connectivity index (χ2v) is 4.66. The van der Waals surface area contributed by atoms with Gasteiger partial charge in [0.25, 0.3) is 0 Å². The van der Waals surface area contributed by atoms with Crippen molar-refractivity contribution in [3.8, 4) is 0 Å². The molecule has 2 rings (SSSR count). The van der Waals surface area contributed by atoms with E-state index in [2.05, 4.69) is 49.0 Å². The Morgan fingerprint density at radius 3 is 2.81 bits per heavy atom. The van der Waals surface area contributed by atoms with E-state index >= 15 is 0 Å². The maximum atomic E-state index is 5.65. The van der Waals surface area contributed by atoms with E-state index in [4.69, 9.17) is 5.73 Å². The highest BCUT2D eigenvalue weighted by Gasteiger charge is 2.07. The Kier molecular flexibility index (Phi) is 3.30. The third-order valence-electron chi connectivity index (χ3n) is 3.29. The average Bonchev–Trinajstić information content (AvgIpc) is 2.64. The van der Waals surface area contributed by atoms with Gasteiger partial charge >= 0.3 is 0 Å². The molecule has 0 aliphatic rings. The maximum absolute atomic E-state index is 5.65. The second kappa shape index (κ2) is 4.71. The fourth-order valence-electron chi connectivity index (χ4n) is 2.14. The van der Waals surface area contributed by atoms with Crippen LogP contribution in [0.5, 0.6) is 0 Å². The number of benzene rings is 1. The molecule has 0 saturated carbocycles. The van der Waals surface area contributed by atoms with Crippen LogP contribution in [0.25, 0.3) is 10.9 Å². The van der Waals surface area contributed by atoms with Crippen molar-refractivity contribution in [3.05, 3.63) is 36.0 Å². The molecule has 0 spiro atoms. The van der Waals surface area contributed by atoms with Crippen LogP contribution in [0.3, 0.4) is 0 Å². The number of aryl methyl sites for hydroxylation is 2. The summed E-state index contributed by atoms with van der Waals surface area (Å²) in [4.78, 5) is 0. The minimum atomic E-state index is 0.610. The van der Waals surface area contributed by atoms with E-state index in [0.29, 0.717) is 5.92 Å². The first-order chi connectivity index (χ1) is 7.72. The molecule has 1 atom stereocenters. The monoisotopic (exact) mass is 216 g/mol. The molecule has 1 unspecified atom stereocenters. The molecule has 16 heavy (non-hydrogen) atoms. The molecule has 1 aromatic carbocycles. The van der Waals surface area contributed by atoms with Crippen LogP contribution in [0.4, 0.5) is 0 Å². The van der Waals surface area contributed by atoms with Crippen LogP contribution in [0.1, 0.15) is 18.9 Å². The number of nitrogens with zero attached hydrogens (tertiary/aromatic N) is 1. The number of hydrogen-bond acceptors (Lipinski definition) is 1. The van der Waals surface area contributed by atoms with Gasteiger partial charge < -0.3 is 10.3 Å². The van der Waals surface area contributed by atoms with E-state index < -0.39 is 0 Å². The van der Waals surface area contributed by atoms with Gasteiger partial charge in [0, 0.05) is 24.1 Å². The van der Waals surface area contributed by atoms with Crippen molar-refractivity contribution in [2.24, 2.45) is 18.7 Å². The van der Waals surface area contributed by atoms with Crippen molar-refractivity contribution in [2.75, 3.05) is 6.54 Å². The molecule has 0 fully saturated rings. The largest absolute Gasteiger partial charge is 0.350 e. The Morgan fingerprint density at radius 1 is 1.31 bits per heavy atom. The fraction of sp³-hybridized carbons (Fsp3) is 0.429. The molecule has 1 aromatic heterocycles. The summed E-state index contributed by atoms with van der Waals surface area (Å²) in [5, 5.41) is 1.38. The Morgan fingerprint density at radius 2 is 2.06 bits per heavy atom. The van der Waals surface area contributed by atoms with Gasteiger partial charge in [-0.05, 0) is 36.9 Å². The van der Waals surface area contributed by atoms with Gasteiger partial charge in [0.05, 0.1) is 0 Å². The zero-order valence-corrected chi connectivity index (χ0v) is 10.1. The summed E-state index contributed by atoms with van der Waals surface area (Å²) in [7, 11) is 2.11. The maximum Gasteiger partial charge on any atom is 0.0480 e. The number of nitrogens with two attached hydrogens (primary N) is 1. The van der Waals surface area contributed by atoms with Gasteiger partial charge in [0.2, 0.25) is 0 Å². The molecule has 1 heterocycles. The van der Waals surface area contributed by atoms with Crippen LogP contribution in [-0.2, 0) is 13.5 Å². The molecule has 2 nitrogen and oxygen atoms in total. The van der Waals surface area contributed by atoms with Crippen LogP contribution in [0.15, 0.2) is 30.5 Å². The van der Waals surface area contributed by atoms with Crippen LogP contribution < -0.4 is 5.73 Å². The first-order valence-corrected chi connectivity index (χ1v) is 5.95. The van der Waals surface area contributed by atoms with Gasteiger partial charge in [0.1, 0.15) is 0 Å². The molecular weight excluding hydrogens is 196 g/mol. The van der Waals surface area contributed by atoms with Gasteiger partial charge in [-0.3, -0.25) is 0 Å². The summed E-state index contributed by atoms with van der Waals surface area (Å²) in [6.45, 7) is 3.00. The zero-order valence-electron chi connectivity index (χ0n) is 10.1. The molecule has 2 aromatic rings. The first-order valence-electron chi connectivity index (χ1n) is 5.95. The molecule has 0 amide bonds. The second-order valence-electron chi connectivity index (χ2n) is 4.66. The van der Waals surface area contributed by atoms with E-state index in [9.17, 15) is 0 Å². The minimum absolute atomic E-state index is 0.610. The quantitative estimate of drug-likeness (QED) is 0.837. The third kappa shape index (κ3) is 2.12. The predicted octanol–water partition coefficient (Wildman–Crippen LogP) is 2.71. The molecule has 0 aliphatic carbocycles. The van der Waals surface area contributed by atoms with Crippen molar-refractivity contribution in [3.63, 3.8) is 0 Å². The lowest BCUT2D eigenvalue weighted by Gasteiger charge is -2.06. The molecule has 0 saturated heterocycles. The van der Waals surface area contributed by atoms with Gasteiger partial charge in [-0.2, -0.15) is 0 Å². The Labute approximate surface area is 97.1 Å². The predicted molar refractivity (Wildman–Crippen MR) is 69.5 cm³/mol. The van der Waals surface area contributed by atoms with Crippen molar-refractivity contribution >= 4 is 10.9 Å². The fourth-order valence-corrected chi connectivity index (χ4v) is 2.14. The van der Waals surface area contributed by atoms with Gasteiger partial charge in [-0.15, -0.1) is 0 Å². The number of aromatic nitrogens is 1. The highest BCUT2D eigenvalue weighted by molar-refractivity contribution is 5.83. The lowest BCUT2D eigenvalue weighted by Crippen LogP contribution is -2.11. The van der Waals surface area contributed by atoms with E-state index in [-0.39, 0.29) is 0 Å². The lowest BCUT2D eigenvalue weighted by molar-refractivity contribution is 0.545. The highest BCUT2D eigenvalue weighted by atomic mass is 14.9. The Bertz CT molecular complexity index is 471. The van der Waals surface area contributed by atoms with Crippen molar-refractivity contribution < 1.29 is 0 Å². The van der Waals surface area contributed by atoms with Crippen LogP contribution in [-0.4, -0.2) is 11.1 Å². The Balaban J connectivity index is 2.24. The van der Waals surface area contributed by atoms with E-state index in [1.54, 1.807) is 0 Å². The molecule has 0 bridgehead atoms. The SMILES string of the molecule is CC(CN)CCc1cn(C)c2ccccc12. The smallest absolute Gasteiger partial charge is 0.0480 e.